The summed E-state index contributed by atoms with van der Waals surface area (Å²) in [4.78, 5) is 25.5. The van der Waals surface area contributed by atoms with E-state index in [1.807, 2.05) is 87.5 Å². The molecule has 3 rings (SSSR count). The molecule has 150 valence electrons. The molecule has 29 heavy (non-hydrogen) atoms. The first-order chi connectivity index (χ1) is 13.8. The molecule has 0 atom stereocenters. The van der Waals surface area contributed by atoms with E-state index >= 15 is 0 Å². The van der Waals surface area contributed by atoms with Gasteiger partial charge in [-0.25, -0.2) is 0 Å². The molecule has 0 spiro atoms. The Morgan fingerprint density at radius 1 is 0.862 bits per heavy atom. The molecular weight excluding hydrogens is 380 g/mol. The van der Waals surface area contributed by atoms with Gasteiger partial charge in [0.1, 0.15) is 0 Å². The molecule has 0 radical (unpaired) electrons. The van der Waals surface area contributed by atoms with Crippen LogP contribution in [0.1, 0.15) is 27.2 Å². The van der Waals surface area contributed by atoms with Crippen LogP contribution in [0.25, 0.3) is 10.8 Å². The van der Waals surface area contributed by atoms with Crippen molar-refractivity contribution < 1.29 is 9.59 Å². The molecule has 0 aliphatic carbocycles. The predicted octanol–water partition coefficient (Wildman–Crippen LogP) is 5.95. The summed E-state index contributed by atoms with van der Waals surface area (Å²) < 4.78 is 0. The Bertz CT molecular complexity index is 1020. The summed E-state index contributed by atoms with van der Waals surface area (Å²) >= 11 is 1.44. The van der Waals surface area contributed by atoms with E-state index in [1.54, 1.807) is 0 Å². The smallest absolute Gasteiger partial charge is 0.234 e. The molecule has 0 saturated heterocycles. The van der Waals surface area contributed by atoms with Crippen molar-refractivity contribution in [2.75, 3.05) is 16.4 Å². The van der Waals surface area contributed by atoms with E-state index in [4.69, 9.17) is 0 Å². The second-order valence-electron chi connectivity index (χ2n) is 8.18. The van der Waals surface area contributed by atoms with E-state index in [9.17, 15) is 9.59 Å². The second-order valence-corrected chi connectivity index (χ2v) is 9.23. The molecule has 0 aliphatic rings. The van der Waals surface area contributed by atoms with Crippen molar-refractivity contribution in [3.8, 4) is 0 Å². The molecule has 0 bridgehead atoms. The maximum atomic E-state index is 12.4. The molecule has 0 fully saturated rings. The van der Waals surface area contributed by atoms with Crippen LogP contribution in [0.5, 0.6) is 0 Å². The summed E-state index contributed by atoms with van der Waals surface area (Å²) in [5.74, 6) is 0.227. The normalized spacial score (nSPS) is 11.3. The molecule has 5 heteroatoms. The van der Waals surface area contributed by atoms with Crippen molar-refractivity contribution in [3.63, 3.8) is 0 Å². The van der Waals surface area contributed by atoms with Crippen LogP contribution in [0.2, 0.25) is 0 Å². The van der Waals surface area contributed by atoms with E-state index < -0.39 is 0 Å². The molecule has 3 aromatic rings. The number of carbonyl (C=O) groups is 2. The Kier molecular flexibility index (Phi) is 6.60. The third-order valence-electron chi connectivity index (χ3n) is 4.24. The Hall–Kier alpha value is -2.79. The third kappa shape index (κ3) is 6.36. The highest BCUT2D eigenvalue weighted by Crippen LogP contribution is 2.26. The molecule has 4 nitrogen and oxygen atoms in total. The number of hydrogen-bond donors (Lipinski definition) is 2. The zero-order valence-electron chi connectivity index (χ0n) is 17.0. The highest BCUT2D eigenvalue weighted by Gasteiger charge is 2.16. The number of thioether (sulfide) groups is 1. The Balaban J connectivity index is 1.58. The summed E-state index contributed by atoms with van der Waals surface area (Å²) in [6.45, 7) is 6.11. The number of amides is 2. The number of benzene rings is 3. The topological polar surface area (TPSA) is 58.2 Å². The average molecular weight is 407 g/mol. The maximum absolute atomic E-state index is 12.4. The molecule has 0 aromatic heterocycles. The minimum Gasteiger partial charge on any atom is -0.326 e. The van der Waals surface area contributed by atoms with Crippen LogP contribution in [0, 0.1) is 5.41 Å². The van der Waals surface area contributed by atoms with Crippen molar-refractivity contribution in [1.29, 1.82) is 0 Å². The van der Waals surface area contributed by atoms with Gasteiger partial charge in [0.25, 0.3) is 0 Å². The van der Waals surface area contributed by atoms with Crippen molar-refractivity contribution in [3.05, 3.63) is 66.7 Å². The van der Waals surface area contributed by atoms with Gasteiger partial charge in [0.15, 0.2) is 0 Å². The van der Waals surface area contributed by atoms with E-state index in [0.717, 1.165) is 27.0 Å². The summed E-state index contributed by atoms with van der Waals surface area (Å²) in [7, 11) is 0. The van der Waals surface area contributed by atoms with Gasteiger partial charge in [-0.2, -0.15) is 0 Å². The summed E-state index contributed by atoms with van der Waals surface area (Å²) in [6.07, 6.45) is 0.456. The third-order valence-corrected chi connectivity index (χ3v) is 5.24. The quantitative estimate of drug-likeness (QED) is 0.498. The van der Waals surface area contributed by atoms with E-state index in [1.165, 1.54) is 11.8 Å². The van der Waals surface area contributed by atoms with Gasteiger partial charge in [0.2, 0.25) is 11.8 Å². The van der Waals surface area contributed by atoms with Crippen LogP contribution in [0.4, 0.5) is 11.4 Å². The van der Waals surface area contributed by atoms with Gasteiger partial charge in [-0.1, -0.05) is 63.2 Å². The van der Waals surface area contributed by atoms with Crippen molar-refractivity contribution >= 4 is 45.7 Å². The van der Waals surface area contributed by atoms with Crippen molar-refractivity contribution in [2.45, 2.75) is 32.1 Å². The minimum absolute atomic E-state index is 0.00616. The second kappa shape index (κ2) is 9.14. The van der Waals surface area contributed by atoms with Crippen molar-refractivity contribution in [1.82, 2.24) is 0 Å². The number of carbonyl (C=O) groups excluding carboxylic acids is 2. The fourth-order valence-electron chi connectivity index (χ4n) is 3.02. The van der Waals surface area contributed by atoms with Gasteiger partial charge in [-0.05, 0) is 35.1 Å². The van der Waals surface area contributed by atoms with Gasteiger partial charge < -0.3 is 10.6 Å². The fourth-order valence-corrected chi connectivity index (χ4v) is 3.78. The van der Waals surface area contributed by atoms with E-state index in [0.29, 0.717) is 12.2 Å². The first-order valence-electron chi connectivity index (χ1n) is 9.60. The van der Waals surface area contributed by atoms with E-state index in [2.05, 4.69) is 10.6 Å². The molecule has 0 saturated carbocycles. The lowest BCUT2D eigenvalue weighted by atomic mass is 9.92. The molecule has 0 aliphatic heterocycles. The number of nitrogens with one attached hydrogen (secondary N) is 2. The summed E-state index contributed by atoms with van der Waals surface area (Å²) in [6, 6.07) is 21.4. The number of hydrogen-bond acceptors (Lipinski definition) is 3. The zero-order chi connectivity index (χ0) is 20.9. The largest absolute Gasteiger partial charge is 0.326 e. The predicted molar refractivity (Wildman–Crippen MR) is 122 cm³/mol. The molecule has 0 heterocycles. The monoisotopic (exact) mass is 406 g/mol. The van der Waals surface area contributed by atoms with E-state index in [-0.39, 0.29) is 17.2 Å². The minimum atomic E-state index is -0.0616. The lowest BCUT2D eigenvalue weighted by Gasteiger charge is -2.17. The lowest BCUT2D eigenvalue weighted by molar-refractivity contribution is -0.118. The van der Waals surface area contributed by atoms with Crippen LogP contribution in [-0.4, -0.2) is 17.6 Å². The zero-order valence-corrected chi connectivity index (χ0v) is 17.8. The Labute approximate surface area is 176 Å². The van der Waals surface area contributed by atoms with Gasteiger partial charge in [0.05, 0.1) is 5.75 Å². The van der Waals surface area contributed by atoms with Crippen LogP contribution < -0.4 is 10.6 Å². The summed E-state index contributed by atoms with van der Waals surface area (Å²) in [5, 5.41) is 8.05. The maximum Gasteiger partial charge on any atom is 0.234 e. The number of rotatable bonds is 6. The first kappa shape index (κ1) is 20.9. The van der Waals surface area contributed by atoms with Gasteiger partial charge >= 0.3 is 0 Å². The van der Waals surface area contributed by atoms with Crippen LogP contribution in [0.15, 0.2) is 71.6 Å². The highest BCUT2D eigenvalue weighted by molar-refractivity contribution is 8.00. The molecular formula is C24H26N2O2S. The van der Waals surface area contributed by atoms with Gasteiger partial charge in [0, 0.05) is 28.1 Å². The fraction of sp³-hybridized carbons (Fsp3) is 0.250. The molecule has 3 aromatic carbocycles. The van der Waals surface area contributed by atoms with Crippen LogP contribution in [0.3, 0.4) is 0 Å². The van der Waals surface area contributed by atoms with Gasteiger partial charge in [-0.3, -0.25) is 9.59 Å². The van der Waals surface area contributed by atoms with Crippen LogP contribution in [-0.2, 0) is 9.59 Å². The molecule has 2 N–H and O–H groups in total. The summed E-state index contributed by atoms with van der Waals surface area (Å²) in [5.41, 5.74) is 1.51. The average Bonchev–Trinajstić information content (AvgIpc) is 2.65. The van der Waals surface area contributed by atoms with Crippen molar-refractivity contribution in [2.24, 2.45) is 5.41 Å². The highest BCUT2D eigenvalue weighted by atomic mass is 32.2. The lowest BCUT2D eigenvalue weighted by Crippen LogP contribution is -2.19. The Morgan fingerprint density at radius 2 is 1.59 bits per heavy atom. The number of fused-ring (bicyclic) bond motifs is 1. The number of anilines is 2. The standard InChI is InChI=1S/C24H26N2O2S/c1-24(2,3)15-22(27)25-18-10-7-11-19(14-18)29-16-23(28)26-21-13-6-9-17-8-4-5-12-20(17)21/h4-14H,15-16H2,1-3H3,(H,25,27)(H,26,28). The molecule has 2 amide bonds. The van der Waals surface area contributed by atoms with Crippen LogP contribution >= 0.6 is 11.8 Å². The Morgan fingerprint density at radius 3 is 2.38 bits per heavy atom. The SMILES string of the molecule is CC(C)(C)CC(=O)Nc1cccc(SCC(=O)Nc2cccc3ccccc23)c1. The van der Waals surface area contributed by atoms with Gasteiger partial charge in [-0.15, -0.1) is 11.8 Å². The molecule has 0 unspecified atom stereocenters. The first-order valence-corrected chi connectivity index (χ1v) is 10.6.